The molecule has 0 aliphatic carbocycles. The van der Waals surface area contributed by atoms with Crippen LogP contribution in [0, 0.1) is 17.0 Å². The molecule has 5 nitrogen and oxygen atoms in total. The lowest BCUT2D eigenvalue weighted by atomic mass is 10.1. The summed E-state index contributed by atoms with van der Waals surface area (Å²) in [5.41, 5.74) is 2.37. The number of amides is 1. The lowest BCUT2D eigenvalue weighted by Gasteiger charge is -2.07. The number of carbonyl (C=O) groups is 1. The van der Waals surface area contributed by atoms with E-state index < -0.39 is 4.92 Å². The SMILES string of the molecule is CSc1ccc(C(=O)NCc2ccc(C)cc2)cc1[N+](=O)[O-]. The van der Waals surface area contributed by atoms with Gasteiger partial charge in [-0.25, -0.2) is 0 Å². The Morgan fingerprint density at radius 2 is 1.91 bits per heavy atom. The number of benzene rings is 2. The Balaban J connectivity index is 2.10. The maximum atomic E-state index is 12.1. The van der Waals surface area contributed by atoms with Gasteiger partial charge in [-0.15, -0.1) is 11.8 Å². The van der Waals surface area contributed by atoms with Crippen LogP contribution in [0.3, 0.4) is 0 Å². The lowest BCUT2D eigenvalue weighted by Crippen LogP contribution is -2.22. The summed E-state index contributed by atoms with van der Waals surface area (Å²) in [6.07, 6.45) is 1.76. The molecule has 0 aromatic heterocycles. The highest BCUT2D eigenvalue weighted by molar-refractivity contribution is 7.98. The number of thioether (sulfide) groups is 1. The van der Waals surface area contributed by atoms with Crippen molar-refractivity contribution in [3.05, 3.63) is 69.3 Å². The first kappa shape index (κ1) is 16.0. The van der Waals surface area contributed by atoms with Crippen molar-refractivity contribution in [3.8, 4) is 0 Å². The molecule has 114 valence electrons. The number of nitro benzene ring substituents is 1. The Morgan fingerprint density at radius 1 is 1.23 bits per heavy atom. The molecule has 0 saturated heterocycles. The number of hydrogen-bond donors (Lipinski definition) is 1. The maximum absolute atomic E-state index is 12.1. The van der Waals surface area contributed by atoms with Gasteiger partial charge in [0.05, 0.1) is 9.82 Å². The van der Waals surface area contributed by atoms with Crippen molar-refractivity contribution in [1.29, 1.82) is 0 Å². The van der Waals surface area contributed by atoms with Crippen LogP contribution in [0.15, 0.2) is 47.4 Å². The molecule has 0 atom stereocenters. The molecule has 0 spiro atoms. The van der Waals surface area contributed by atoms with Crippen molar-refractivity contribution in [2.75, 3.05) is 6.26 Å². The molecule has 0 bridgehead atoms. The highest BCUT2D eigenvalue weighted by Crippen LogP contribution is 2.28. The molecule has 0 saturated carbocycles. The quantitative estimate of drug-likeness (QED) is 0.520. The fourth-order valence-electron chi connectivity index (χ4n) is 1.96. The van der Waals surface area contributed by atoms with Crippen LogP contribution in [0.2, 0.25) is 0 Å². The summed E-state index contributed by atoms with van der Waals surface area (Å²) >= 11 is 1.28. The average Bonchev–Trinajstić information content (AvgIpc) is 2.53. The molecule has 0 aliphatic heterocycles. The predicted octanol–water partition coefficient (Wildman–Crippen LogP) is 3.56. The molecule has 0 fully saturated rings. The molecular weight excluding hydrogens is 300 g/mol. The smallest absolute Gasteiger partial charge is 0.283 e. The van der Waals surface area contributed by atoms with Gasteiger partial charge in [0.1, 0.15) is 0 Å². The molecule has 1 amide bonds. The third kappa shape index (κ3) is 3.85. The van der Waals surface area contributed by atoms with Crippen molar-refractivity contribution < 1.29 is 9.72 Å². The minimum Gasteiger partial charge on any atom is -0.348 e. The molecule has 0 aliphatic rings. The molecule has 22 heavy (non-hydrogen) atoms. The summed E-state index contributed by atoms with van der Waals surface area (Å²) in [6, 6.07) is 12.3. The topological polar surface area (TPSA) is 72.2 Å². The number of nitro groups is 1. The van der Waals surface area contributed by atoms with Gasteiger partial charge in [-0.3, -0.25) is 14.9 Å². The van der Waals surface area contributed by atoms with Crippen LogP contribution in [0.1, 0.15) is 21.5 Å². The Morgan fingerprint density at radius 3 is 2.50 bits per heavy atom. The Labute approximate surface area is 132 Å². The minimum absolute atomic E-state index is 0.0458. The van der Waals surface area contributed by atoms with E-state index in [9.17, 15) is 14.9 Å². The van der Waals surface area contributed by atoms with Crippen molar-refractivity contribution in [2.24, 2.45) is 0 Å². The summed E-state index contributed by atoms with van der Waals surface area (Å²) in [4.78, 5) is 23.2. The van der Waals surface area contributed by atoms with Crippen molar-refractivity contribution in [1.82, 2.24) is 5.32 Å². The number of nitrogens with zero attached hydrogens (tertiary/aromatic N) is 1. The van der Waals surface area contributed by atoms with E-state index in [1.165, 1.54) is 17.8 Å². The largest absolute Gasteiger partial charge is 0.348 e. The summed E-state index contributed by atoms with van der Waals surface area (Å²) in [6.45, 7) is 2.38. The van der Waals surface area contributed by atoms with Crippen molar-refractivity contribution in [2.45, 2.75) is 18.4 Å². The number of carbonyl (C=O) groups excluding carboxylic acids is 1. The van der Waals surface area contributed by atoms with E-state index in [0.717, 1.165) is 11.1 Å². The first-order chi connectivity index (χ1) is 10.5. The van der Waals surface area contributed by atoms with E-state index in [1.807, 2.05) is 31.2 Å². The Hall–Kier alpha value is -2.34. The minimum atomic E-state index is -0.470. The second-order valence-electron chi connectivity index (χ2n) is 4.81. The molecule has 0 radical (unpaired) electrons. The van der Waals surface area contributed by atoms with E-state index in [4.69, 9.17) is 0 Å². The third-order valence-corrected chi connectivity index (χ3v) is 4.00. The zero-order valence-corrected chi connectivity index (χ0v) is 13.1. The first-order valence-corrected chi connectivity index (χ1v) is 7.90. The van der Waals surface area contributed by atoms with Crippen LogP contribution in [0.25, 0.3) is 0 Å². The van der Waals surface area contributed by atoms with E-state index in [0.29, 0.717) is 11.4 Å². The summed E-state index contributed by atoms with van der Waals surface area (Å²) in [7, 11) is 0. The van der Waals surface area contributed by atoms with Crippen LogP contribution in [-0.4, -0.2) is 17.1 Å². The van der Waals surface area contributed by atoms with E-state index in [1.54, 1.807) is 18.4 Å². The predicted molar refractivity (Wildman–Crippen MR) is 87.2 cm³/mol. The van der Waals surface area contributed by atoms with E-state index in [-0.39, 0.29) is 17.2 Å². The Kier molecular flexibility index (Phi) is 5.16. The molecular formula is C16H16N2O3S. The zero-order valence-electron chi connectivity index (χ0n) is 12.3. The fourth-order valence-corrected chi connectivity index (χ4v) is 2.51. The number of nitrogens with one attached hydrogen (secondary N) is 1. The number of aryl methyl sites for hydroxylation is 1. The van der Waals surface area contributed by atoms with Gasteiger partial charge in [0.2, 0.25) is 0 Å². The van der Waals surface area contributed by atoms with Gasteiger partial charge in [0.15, 0.2) is 0 Å². The normalized spacial score (nSPS) is 10.3. The molecule has 6 heteroatoms. The van der Waals surface area contributed by atoms with E-state index >= 15 is 0 Å². The van der Waals surface area contributed by atoms with Crippen LogP contribution in [0.5, 0.6) is 0 Å². The van der Waals surface area contributed by atoms with Crippen molar-refractivity contribution >= 4 is 23.4 Å². The lowest BCUT2D eigenvalue weighted by molar-refractivity contribution is -0.387. The van der Waals surface area contributed by atoms with Gasteiger partial charge in [0, 0.05) is 18.2 Å². The second kappa shape index (κ2) is 7.09. The van der Waals surface area contributed by atoms with Gasteiger partial charge in [0.25, 0.3) is 11.6 Å². The van der Waals surface area contributed by atoms with Crippen LogP contribution >= 0.6 is 11.8 Å². The number of rotatable bonds is 5. The highest BCUT2D eigenvalue weighted by Gasteiger charge is 2.16. The number of hydrogen-bond acceptors (Lipinski definition) is 4. The molecule has 2 aromatic carbocycles. The molecule has 0 heterocycles. The third-order valence-electron chi connectivity index (χ3n) is 3.21. The Bertz CT molecular complexity index is 699. The van der Waals surface area contributed by atoms with Gasteiger partial charge in [-0.1, -0.05) is 29.8 Å². The second-order valence-corrected chi connectivity index (χ2v) is 5.66. The van der Waals surface area contributed by atoms with Gasteiger partial charge in [-0.2, -0.15) is 0 Å². The van der Waals surface area contributed by atoms with Crippen LogP contribution < -0.4 is 5.32 Å². The fraction of sp³-hybridized carbons (Fsp3) is 0.188. The average molecular weight is 316 g/mol. The first-order valence-electron chi connectivity index (χ1n) is 6.67. The molecule has 2 aromatic rings. The highest BCUT2D eigenvalue weighted by atomic mass is 32.2. The monoisotopic (exact) mass is 316 g/mol. The molecule has 2 rings (SSSR count). The van der Waals surface area contributed by atoms with Gasteiger partial charge < -0.3 is 5.32 Å². The van der Waals surface area contributed by atoms with Gasteiger partial charge >= 0.3 is 0 Å². The zero-order chi connectivity index (χ0) is 16.1. The maximum Gasteiger partial charge on any atom is 0.283 e. The summed E-state index contributed by atoms with van der Waals surface area (Å²) < 4.78 is 0. The summed E-state index contributed by atoms with van der Waals surface area (Å²) in [5, 5.41) is 13.8. The molecule has 0 unspecified atom stereocenters. The van der Waals surface area contributed by atoms with Gasteiger partial charge in [-0.05, 0) is 30.9 Å². The van der Waals surface area contributed by atoms with Crippen LogP contribution in [0.4, 0.5) is 5.69 Å². The summed E-state index contributed by atoms with van der Waals surface area (Å²) in [5.74, 6) is -0.323. The van der Waals surface area contributed by atoms with E-state index in [2.05, 4.69) is 5.32 Å². The van der Waals surface area contributed by atoms with Crippen LogP contribution in [-0.2, 0) is 6.54 Å². The molecule has 1 N–H and O–H groups in total. The standard InChI is InChI=1S/C16H16N2O3S/c1-11-3-5-12(6-4-11)10-17-16(19)13-7-8-15(22-2)14(9-13)18(20)21/h3-9H,10H2,1-2H3,(H,17,19). The van der Waals surface area contributed by atoms with Crippen molar-refractivity contribution in [3.63, 3.8) is 0 Å².